The van der Waals surface area contributed by atoms with Gasteiger partial charge in [0.2, 0.25) is 0 Å². The molecule has 0 spiro atoms. The highest BCUT2D eigenvalue weighted by molar-refractivity contribution is 5.94. The summed E-state index contributed by atoms with van der Waals surface area (Å²) in [6, 6.07) is 8.13. The van der Waals surface area contributed by atoms with Crippen LogP contribution in [0.1, 0.15) is 62.4 Å². The van der Waals surface area contributed by atoms with Crippen molar-refractivity contribution in [2.75, 3.05) is 13.1 Å². The fourth-order valence-electron chi connectivity index (χ4n) is 2.95. The van der Waals surface area contributed by atoms with Gasteiger partial charge in [-0.05, 0) is 48.3 Å². The van der Waals surface area contributed by atoms with Crippen LogP contribution in [0.2, 0.25) is 0 Å². The van der Waals surface area contributed by atoms with Crippen LogP contribution in [0.25, 0.3) is 0 Å². The Morgan fingerprint density at radius 3 is 2.65 bits per heavy atom. The van der Waals surface area contributed by atoms with Gasteiger partial charge in [0.25, 0.3) is 5.91 Å². The number of hydrogen-bond acceptors (Lipinski definition) is 1. The highest BCUT2D eigenvalue weighted by Gasteiger charge is 2.26. The summed E-state index contributed by atoms with van der Waals surface area (Å²) in [5.74, 6) is 1.99. The van der Waals surface area contributed by atoms with E-state index in [1.807, 2.05) is 17.0 Å². The fraction of sp³-hybridized carbons (Fsp3) is 0.611. The summed E-state index contributed by atoms with van der Waals surface area (Å²) in [4.78, 5) is 14.7. The molecule has 1 aromatic carbocycles. The smallest absolute Gasteiger partial charge is 0.253 e. The number of likely N-dealkylation sites (tertiary alicyclic amines) is 1. The molecule has 1 atom stereocenters. The minimum absolute atomic E-state index is 0.206. The topological polar surface area (TPSA) is 20.3 Å². The molecule has 1 aliphatic rings. The van der Waals surface area contributed by atoms with Crippen LogP contribution in [0.3, 0.4) is 0 Å². The van der Waals surface area contributed by atoms with Crippen LogP contribution in [0.15, 0.2) is 24.3 Å². The summed E-state index contributed by atoms with van der Waals surface area (Å²) in [5.41, 5.74) is 2.09. The number of nitrogens with zero attached hydrogens (tertiary/aromatic N) is 1. The Balaban J connectivity index is 2.12. The second-order valence-corrected chi connectivity index (χ2v) is 6.68. The monoisotopic (exact) mass is 273 g/mol. The quantitative estimate of drug-likeness (QED) is 0.803. The summed E-state index contributed by atoms with van der Waals surface area (Å²) in [6.07, 6.45) is 2.39. The van der Waals surface area contributed by atoms with Gasteiger partial charge in [0, 0.05) is 18.7 Å². The third-order valence-electron chi connectivity index (χ3n) is 4.49. The van der Waals surface area contributed by atoms with E-state index in [0.717, 1.165) is 25.1 Å². The van der Waals surface area contributed by atoms with Gasteiger partial charge in [0.1, 0.15) is 0 Å². The zero-order chi connectivity index (χ0) is 14.7. The van der Waals surface area contributed by atoms with Gasteiger partial charge in [-0.3, -0.25) is 4.79 Å². The first-order valence-electron chi connectivity index (χ1n) is 7.88. The van der Waals surface area contributed by atoms with E-state index < -0.39 is 0 Å². The number of benzene rings is 1. The Kier molecular flexibility index (Phi) is 4.85. The minimum atomic E-state index is 0.206. The van der Waals surface area contributed by atoms with Crippen molar-refractivity contribution < 1.29 is 4.79 Å². The predicted octanol–water partition coefficient (Wildman–Crippen LogP) is 4.32. The lowest BCUT2D eigenvalue weighted by atomic mass is 9.87. The molecular weight excluding hydrogens is 246 g/mol. The number of piperidine rings is 1. The molecule has 0 bridgehead atoms. The standard InChI is InChI=1S/C18H27NO/c1-13(2)15-7-5-8-16(11-15)18(20)19-10-6-9-17(12-19)14(3)4/h5,7-8,11,13-14,17H,6,9-10,12H2,1-4H3. The van der Waals surface area contributed by atoms with Crippen LogP contribution in [-0.2, 0) is 0 Å². The van der Waals surface area contributed by atoms with Crippen LogP contribution >= 0.6 is 0 Å². The van der Waals surface area contributed by atoms with E-state index in [-0.39, 0.29) is 5.91 Å². The molecule has 1 fully saturated rings. The summed E-state index contributed by atoms with van der Waals surface area (Å²) in [7, 11) is 0. The lowest BCUT2D eigenvalue weighted by Gasteiger charge is -2.35. The molecule has 2 nitrogen and oxygen atoms in total. The Morgan fingerprint density at radius 2 is 2.00 bits per heavy atom. The molecule has 0 aliphatic carbocycles. The van der Waals surface area contributed by atoms with Crippen LogP contribution < -0.4 is 0 Å². The van der Waals surface area contributed by atoms with Gasteiger partial charge < -0.3 is 4.90 Å². The average Bonchev–Trinajstić information content (AvgIpc) is 2.46. The van der Waals surface area contributed by atoms with Crippen molar-refractivity contribution in [3.05, 3.63) is 35.4 Å². The molecule has 0 aromatic heterocycles. The Morgan fingerprint density at radius 1 is 1.25 bits per heavy atom. The maximum absolute atomic E-state index is 12.7. The van der Waals surface area contributed by atoms with Crippen LogP contribution in [0, 0.1) is 11.8 Å². The first-order chi connectivity index (χ1) is 9.49. The predicted molar refractivity (Wildman–Crippen MR) is 84.0 cm³/mol. The van der Waals surface area contributed by atoms with E-state index in [1.165, 1.54) is 12.0 Å². The normalized spacial score (nSPS) is 19.7. The first kappa shape index (κ1) is 15.1. The maximum atomic E-state index is 12.7. The molecule has 2 rings (SSSR count). The van der Waals surface area contributed by atoms with Crippen molar-refractivity contribution in [1.29, 1.82) is 0 Å². The third kappa shape index (κ3) is 3.41. The maximum Gasteiger partial charge on any atom is 0.253 e. The molecule has 0 saturated carbocycles. The van der Waals surface area contributed by atoms with Gasteiger partial charge >= 0.3 is 0 Å². The van der Waals surface area contributed by atoms with E-state index in [0.29, 0.717) is 17.8 Å². The number of hydrogen-bond donors (Lipinski definition) is 0. The number of carbonyl (C=O) groups excluding carboxylic acids is 1. The molecule has 1 amide bonds. The molecule has 1 aromatic rings. The lowest BCUT2D eigenvalue weighted by Crippen LogP contribution is -2.41. The zero-order valence-electron chi connectivity index (χ0n) is 13.2. The van der Waals surface area contributed by atoms with E-state index >= 15 is 0 Å². The molecule has 2 heteroatoms. The Bertz CT molecular complexity index is 464. The molecule has 1 aliphatic heterocycles. The second kappa shape index (κ2) is 6.43. The van der Waals surface area contributed by atoms with Crippen LogP contribution in [0.5, 0.6) is 0 Å². The van der Waals surface area contributed by atoms with Crippen molar-refractivity contribution in [2.45, 2.75) is 46.5 Å². The largest absolute Gasteiger partial charge is 0.338 e. The van der Waals surface area contributed by atoms with E-state index in [4.69, 9.17) is 0 Å². The van der Waals surface area contributed by atoms with Crippen molar-refractivity contribution in [1.82, 2.24) is 4.90 Å². The summed E-state index contributed by atoms with van der Waals surface area (Å²) in [6.45, 7) is 10.7. The van der Waals surface area contributed by atoms with Gasteiger partial charge in [0.15, 0.2) is 0 Å². The fourth-order valence-corrected chi connectivity index (χ4v) is 2.95. The molecule has 110 valence electrons. The molecule has 20 heavy (non-hydrogen) atoms. The van der Waals surface area contributed by atoms with Gasteiger partial charge in [-0.15, -0.1) is 0 Å². The molecule has 0 radical (unpaired) electrons. The van der Waals surface area contributed by atoms with Gasteiger partial charge in [-0.2, -0.15) is 0 Å². The molecule has 0 N–H and O–H groups in total. The van der Waals surface area contributed by atoms with Crippen molar-refractivity contribution in [2.24, 2.45) is 11.8 Å². The Labute approximate surface area is 123 Å². The summed E-state index contributed by atoms with van der Waals surface area (Å²) < 4.78 is 0. The number of rotatable bonds is 3. The highest BCUT2D eigenvalue weighted by Crippen LogP contribution is 2.25. The number of amides is 1. The SMILES string of the molecule is CC(C)c1cccc(C(=O)N2CCCC(C(C)C)C2)c1. The zero-order valence-corrected chi connectivity index (χ0v) is 13.2. The van der Waals surface area contributed by atoms with E-state index in [2.05, 4.69) is 39.8 Å². The van der Waals surface area contributed by atoms with Gasteiger partial charge in [-0.25, -0.2) is 0 Å². The minimum Gasteiger partial charge on any atom is -0.338 e. The molecule has 1 unspecified atom stereocenters. The first-order valence-corrected chi connectivity index (χ1v) is 7.88. The van der Waals surface area contributed by atoms with Crippen molar-refractivity contribution >= 4 is 5.91 Å². The second-order valence-electron chi connectivity index (χ2n) is 6.68. The molecular formula is C18H27NO. The molecule has 1 heterocycles. The van der Waals surface area contributed by atoms with Crippen LogP contribution in [0.4, 0.5) is 0 Å². The third-order valence-corrected chi connectivity index (χ3v) is 4.49. The number of carbonyl (C=O) groups is 1. The molecule has 1 saturated heterocycles. The highest BCUT2D eigenvalue weighted by atomic mass is 16.2. The Hall–Kier alpha value is -1.31. The summed E-state index contributed by atoms with van der Waals surface area (Å²) >= 11 is 0. The van der Waals surface area contributed by atoms with E-state index in [9.17, 15) is 4.79 Å². The van der Waals surface area contributed by atoms with Crippen molar-refractivity contribution in [3.8, 4) is 0 Å². The summed E-state index contributed by atoms with van der Waals surface area (Å²) in [5, 5.41) is 0. The van der Waals surface area contributed by atoms with Crippen molar-refractivity contribution in [3.63, 3.8) is 0 Å². The average molecular weight is 273 g/mol. The van der Waals surface area contributed by atoms with Gasteiger partial charge in [-0.1, -0.05) is 39.8 Å². The van der Waals surface area contributed by atoms with Gasteiger partial charge in [0.05, 0.1) is 0 Å². The van der Waals surface area contributed by atoms with Crippen LogP contribution in [-0.4, -0.2) is 23.9 Å². The van der Waals surface area contributed by atoms with E-state index in [1.54, 1.807) is 0 Å². The lowest BCUT2D eigenvalue weighted by molar-refractivity contribution is 0.0641.